The second kappa shape index (κ2) is 9.57. The number of amides is 1. The minimum Gasteiger partial charge on any atom is -0.379 e. The maximum atomic E-state index is 12.0. The molecule has 2 N–H and O–H groups in total. The number of rotatable bonds is 7. The predicted octanol–water partition coefficient (Wildman–Crippen LogP) is 2.90. The van der Waals surface area contributed by atoms with Crippen LogP contribution in [0.4, 0.5) is 5.69 Å². The fourth-order valence-corrected chi connectivity index (χ4v) is 3.03. The number of carbonyl (C=O) groups excluding carboxylic acids is 1. The van der Waals surface area contributed by atoms with Crippen LogP contribution in [0.1, 0.15) is 11.1 Å². The van der Waals surface area contributed by atoms with Crippen molar-refractivity contribution in [1.82, 2.24) is 10.2 Å². The van der Waals surface area contributed by atoms with Gasteiger partial charge in [0.25, 0.3) is 0 Å². The summed E-state index contributed by atoms with van der Waals surface area (Å²) in [4.78, 5) is 14.4. The first-order valence-corrected chi connectivity index (χ1v) is 9.21. The fraction of sp³-hybridized carbons (Fsp3) is 0.350. The van der Waals surface area contributed by atoms with E-state index >= 15 is 0 Å². The zero-order valence-corrected chi connectivity index (χ0v) is 15.5. The van der Waals surface area contributed by atoms with Crippen LogP contribution in [0, 0.1) is 0 Å². The molecule has 0 aromatic heterocycles. The number of hydrogen-bond acceptors (Lipinski definition) is 4. The van der Waals surface area contributed by atoms with Gasteiger partial charge in [0.15, 0.2) is 0 Å². The first-order valence-electron chi connectivity index (χ1n) is 8.84. The summed E-state index contributed by atoms with van der Waals surface area (Å²) in [5.41, 5.74) is 3.13. The average Bonchev–Trinajstić information content (AvgIpc) is 2.68. The monoisotopic (exact) mass is 373 g/mol. The summed E-state index contributed by atoms with van der Waals surface area (Å²) >= 11 is 6.06. The quantitative estimate of drug-likeness (QED) is 0.783. The number of para-hydroxylation sites is 1. The minimum atomic E-state index is -0.0673. The molecule has 1 amide bonds. The van der Waals surface area contributed by atoms with Crippen molar-refractivity contribution in [3.8, 4) is 0 Å². The molecule has 0 unspecified atom stereocenters. The topological polar surface area (TPSA) is 53.6 Å². The van der Waals surface area contributed by atoms with Crippen LogP contribution in [0.25, 0.3) is 0 Å². The van der Waals surface area contributed by atoms with Gasteiger partial charge in [0.1, 0.15) is 0 Å². The van der Waals surface area contributed by atoms with Crippen LogP contribution in [-0.2, 0) is 22.6 Å². The number of hydrogen-bond donors (Lipinski definition) is 2. The number of anilines is 1. The van der Waals surface area contributed by atoms with E-state index in [0.717, 1.165) is 44.1 Å². The highest BCUT2D eigenvalue weighted by molar-refractivity contribution is 6.33. The van der Waals surface area contributed by atoms with E-state index < -0.39 is 0 Å². The zero-order chi connectivity index (χ0) is 18.2. The van der Waals surface area contributed by atoms with Gasteiger partial charge in [0.05, 0.1) is 30.5 Å². The number of ether oxygens (including phenoxy) is 1. The number of nitrogens with one attached hydrogen (secondary N) is 2. The molecule has 1 fully saturated rings. The molecule has 1 aliphatic heterocycles. The second-order valence-electron chi connectivity index (χ2n) is 6.32. The molecule has 0 spiro atoms. The van der Waals surface area contributed by atoms with E-state index in [9.17, 15) is 4.79 Å². The maximum Gasteiger partial charge on any atom is 0.239 e. The van der Waals surface area contributed by atoms with E-state index in [0.29, 0.717) is 11.6 Å². The molecule has 1 aliphatic rings. The Morgan fingerprint density at radius 2 is 1.73 bits per heavy atom. The molecule has 0 saturated carbocycles. The average molecular weight is 374 g/mol. The molecule has 2 aromatic carbocycles. The van der Waals surface area contributed by atoms with E-state index in [4.69, 9.17) is 16.3 Å². The third kappa shape index (κ3) is 5.73. The normalized spacial score (nSPS) is 14.8. The van der Waals surface area contributed by atoms with Gasteiger partial charge in [-0.15, -0.1) is 0 Å². The van der Waals surface area contributed by atoms with E-state index in [1.807, 2.05) is 18.2 Å². The molecule has 0 aliphatic carbocycles. The summed E-state index contributed by atoms with van der Waals surface area (Å²) in [5, 5.41) is 6.57. The smallest absolute Gasteiger partial charge is 0.239 e. The number of nitrogens with zero attached hydrogens (tertiary/aromatic N) is 1. The van der Waals surface area contributed by atoms with Crippen LogP contribution in [0.3, 0.4) is 0 Å². The van der Waals surface area contributed by atoms with E-state index in [1.54, 1.807) is 6.07 Å². The van der Waals surface area contributed by atoms with Crippen LogP contribution < -0.4 is 10.6 Å². The van der Waals surface area contributed by atoms with E-state index in [-0.39, 0.29) is 12.5 Å². The SMILES string of the molecule is O=C(CNc1ccccc1Cl)NCc1ccc(CN2CCOCC2)cc1. The zero-order valence-electron chi connectivity index (χ0n) is 14.7. The van der Waals surface area contributed by atoms with E-state index in [2.05, 4.69) is 39.8 Å². The van der Waals surface area contributed by atoms with Gasteiger partial charge in [0.2, 0.25) is 5.91 Å². The largest absolute Gasteiger partial charge is 0.379 e. The highest BCUT2D eigenvalue weighted by Crippen LogP contribution is 2.19. The third-order valence-electron chi connectivity index (χ3n) is 4.34. The van der Waals surface area contributed by atoms with Crippen LogP contribution in [0.2, 0.25) is 5.02 Å². The lowest BCUT2D eigenvalue weighted by Crippen LogP contribution is -2.35. The van der Waals surface area contributed by atoms with Crippen molar-refractivity contribution in [3.05, 3.63) is 64.7 Å². The first-order chi connectivity index (χ1) is 12.7. The molecule has 1 saturated heterocycles. The molecule has 0 bridgehead atoms. The molecule has 138 valence electrons. The van der Waals surface area contributed by atoms with Gasteiger partial charge >= 0.3 is 0 Å². The highest BCUT2D eigenvalue weighted by atomic mass is 35.5. The van der Waals surface area contributed by atoms with Crippen LogP contribution in [0.5, 0.6) is 0 Å². The van der Waals surface area contributed by atoms with Gasteiger partial charge in [0, 0.05) is 26.2 Å². The molecule has 26 heavy (non-hydrogen) atoms. The molecular formula is C20H24ClN3O2. The fourth-order valence-electron chi connectivity index (χ4n) is 2.82. The Hall–Kier alpha value is -2.08. The molecule has 6 heteroatoms. The van der Waals surface area contributed by atoms with Crippen molar-refractivity contribution >= 4 is 23.2 Å². The van der Waals surface area contributed by atoms with Crippen molar-refractivity contribution in [2.75, 3.05) is 38.2 Å². The Kier molecular flexibility index (Phi) is 6.89. The Morgan fingerprint density at radius 1 is 1.04 bits per heavy atom. The predicted molar refractivity (Wildman–Crippen MR) is 104 cm³/mol. The van der Waals surface area contributed by atoms with Gasteiger partial charge in [-0.25, -0.2) is 0 Å². The lowest BCUT2D eigenvalue weighted by Gasteiger charge is -2.26. The standard InChI is InChI=1S/C20H24ClN3O2/c21-18-3-1-2-4-19(18)22-14-20(25)23-13-16-5-7-17(8-6-16)15-24-9-11-26-12-10-24/h1-8,22H,9-15H2,(H,23,25). The van der Waals surface area contributed by atoms with E-state index in [1.165, 1.54) is 5.56 Å². The molecule has 2 aromatic rings. The molecule has 5 nitrogen and oxygen atoms in total. The number of halogens is 1. The Bertz CT molecular complexity index is 715. The Morgan fingerprint density at radius 3 is 2.46 bits per heavy atom. The maximum absolute atomic E-state index is 12.0. The summed E-state index contributed by atoms with van der Waals surface area (Å²) < 4.78 is 5.37. The van der Waals surface area contributed by atoms with Crippen molar-refractivity contribution in [3.63, 3.8) is 0 Å². The Labute approximate surface area is 159 Å². The summed E-state index contributed by atoms with van der Waals surface area (Å²) in [7, 11) is 0. The van der Waals surface area contributed by atoms with Crippen LogP contribution in [-0.4, -0.2) is 43.7 Å². The van der Waals surface area contributed by atoms with Crippen LogP contribution in [0.15, 0.2) is 48.5 Å². The Balaban J connectivity index is 1.41. The first kappa shape index (κ1) is 18.7. The third-order valence-corrected chi connectivity index (χ3v) is 4.67. The summed E-state index contributed by atoms with van der Waals surface area (Å²) in [6.07, 6.45) is 0. The van der Waals surface area contributed by atoms with Gasteiger partial charge < -0.3 is 15.4 Å². The van der Waals surface area contributed by atoms with Gasteiger partial charge in [-0.3, -0.25) is 9.69 Å². The second-order valence-corrected chi connectivity index (χ2v) is 6.72. The van der Waals surface area contributed by atoms with Gasteiger partial charge in [-0.2, -0.15) is 0 Å². The van der Waals surface area contributed by atoms with Crippen LogP contribution >= 0.6 is 11.6 Å². The summed E-state index contributed by atoms with van der Waals surface area (Å²) in [5.74, 6) is -0.0673. The molecule has 0 radical (unpaired) electrons. The molecule has 3 rings (SSSR count). The lowest BCUT2D eigenvalue weighted by atomic mass is 10.1. The van der Waals surface area contributed by atoms with Crippen molar-refractivity contribution in [1.29, 1.82) is 0 Å². The molecular weight excluding hydrogens is 350 g/mol. The highest BCUT2D eigenvalue weighted by Gasteiger charge is 2.10. The summed E-state index contributed by atoms with van der Waals surface area (Å²) in [6.45, 7) is 5.24. The van der Waals surface area contributed by atoms with Crippen molar-refractivity contribution in [2.24, 2.45) is 0 Å². The summed E-state index contributed by atoms with van der Waals surface area (Å²) in [6, 6.07) is 15.8. The minimum absolute atomic E-state index is 0.0673. The van der Waals surface area contributed by atoms with Gasteiger partial charge in [-0.05, 0) is 23.3 Å². The van der Waals surface area contributed by atoms with Gasteiger partial charge in [-0.1, -0.05) is 48.0 Å². The number of carbonyl (C=O) groups is 1. The van der Waals surface area contributed by atoms with Crippen molar-refractivity contribution in [2.45, 2.75) is 13.1 Å². The molecule has 1 heterocycles. The number of morpholine rings is 1. The lowest BCUT2D eigenvalue weighted by molar-refractivity contribution is -0.119. The number of benzene rings is 2. The van der Waals surface area contributed by atoms with Crippen molar-refractivity contribution < 1.29 is 9.53 Å². The molecule has 0 atom stereocenters.